The normalized spacial score (nSPS) is 4.50. The van der Waals surface area contributed by atoms with E-state index in [1.165, 1.54) is 0 Å². The molecule has 1 N–H and O–H groups in total. The van der Waals surface area contributed by atoms with E-state index in [0.717, 1.165) is 15.6 Å². The molecule has 0 unspecified atom stereocenters. The van der Waals surface area contributed by atoms with Crippen molar-refractivity contribution in [2.24, 2.45) is 0 Å². The quantitative estimate of drug-likeness (QED) is 0.397. The van der Waals surface area contributed by atoms with Gasteiger partial charge in [-0.3, -0.25) is 11.1 Å². The van der Waals surface area contributed by atoms with Crippen molar-refractivity contribution < 1.29 is 398 Å². The predicted molar refractivity (Wildman–Crippen MR) is 43.0 cm³/mol. The van der Waals surface area contributed by atoms with Crippen LogP contribution in [0.2, 0.25) is 0 Å². The zero-order chi connectivity index (χ0) is 7.72. The Morgan fingerprint density at radius 2 is 0.773 bits per heavy atom. The van der Waals surface area contributed by atoms with Crippen LogP contribution >= 0.6 is 15.9 Å². The van der Waals surface area contributed by atoms with Gasteiger partial charge in [0, 0.05) is 393 Å². The Bertz CT molecular complexity index is 254. The Morgan fingerprint density at radius 3 is 0.955 bits per heavy atom. The molecule has 0 heterocycles. The molecule has 0 aliphatic rings. The maximum atomic E-state index is 8.99. The second kappa shape index (κ2) is 50.6. The van der Waals surface area contributed by atoms with Crippen LogP contribution in [0.5, 0.6) is 5.75 Å². The van der Waals surface area contributed by atoms with E-state index in [2.05, 4.69) is 28.1 Å². The summed E-state index contributed by atoms with van der Waals surface area (Å²) in [5.41, 5.74) is 1.82. The van der Waals surface area contributed by atoms with E-state index in [-0.39, 0.29) is 398 Å². The van der Waals surface area contributed by atoms with Crippen molar-refractivity contribution in [2.45, 2.75) is 13.8 Å². The van der Waals surface area contributed by atoms with Crippen molar-refractivity contribution in [3.63, 3.8) is 0 Å². The molecule has 22 heavy (non-hydrogen) atoms. The molecule has 14 heteroatoms. The molecule has 0 atom stereocenters. The summed E-state index contributed by atoms with van der Waals surface area (Å²) in [6.07, 6.45) is 0. The Kier molecular flexibility index (Phi) is 176. The summed E-state index contributed by atoms with van der Waals surface area (Å²) in [4.78, 5) is 0. The standard InChI is InChI=1S/C8H7BrO.12Y/c1-5-3-7(10)4-6(2)8(5)9;;;;;;;;;;;;/h10H,1-2H3;;;;;;;;;;;;/q-2;;;;;;;;;;;;. The number of phenolic OH excluding ortho intramolecular Hbond substituents is 1. The van der Waals surface area contributed by atoms with Crippen LogP contribution in [0.1, 0.15) is 11.1 Å². The summed E-state index contributed by atoms with van der Waals surface area (Å²) < 4.78 is 0.963. The average Bonchev–Trinajstić information content (AvgIpc) is 1.82. The fourth-order valence-electron chi connectivity index (χ4n) is 0.777. The third-order valence-electron chi connectivity index (χ3n) is 1.27. The van der Waals surface area contributed by atoms with Crippen LogP contribution < -0.4 is 0 Å². The molecule has 1 aromatic carbocycles. The minimum absolute atomic E-state index is 0. The van der Waals surface area contributed by atoms with Gasteiger partial charge in [0.25, 0.3) is 0 Å². The number of aromatic hydroxyl groups is 1. The van der Waals surface area contributed by atoms with Gasteiger partial charge in [0.15, 0.2) is 0 Å². The van der Waals surface area contributed by atoms with Gasteiger partial charge >= 0.3 is 0 Å². The van der Waals surface area contributed by atoms with Crippen LogP contribution in [0.15, 0.2) is 4.47 Å². The fourth-order valence-corrected chi connectivity index (χ4v) is 0.976. The Hall–Kier alpha value is 12.7. The minimum Gasteiger partial charge on any atom is -0.559 e. The number of benzene rings is 1. The van der Waals surface area contributed by atoms with Crippen LogP contribution in [0.25, 0.3) is 0 Å². The first-order valence-corrected chi connectivity index (χ1v) is 3.71. The molecule has 0 fully saturated rings. The maximum Gasteiger partial charge on any atom is 0 e. The van der Waals surface area contributed by atoms with E-state index in [9.17, 15) is 0 Å². The summed E-state index contributed by atoms with van der Waals surface area (Å²) in [6.45, 7) is 3.76. The summed E-state index contributed by atoms with van der Waals surface area (Å²) in [5.74, 6) is 0.0817. The molecule has 0 aromatic heterocycles. The molecular weight excluding hydrogens is 1260 g/mol. The molecule has 0 aliphatic heterocycles. The molecule has 0 amide bonds. The topological polar surface area (TPSA) is 20.2 Å². The summed E-state index contributed by atoms with van der Waals surface area (Å²) in [5, 5.41) is 8.99. The minimum atomic E-state index is 0. The molecule has 1 rings (SSSR count). The summed E-state index contributed by atoms with van der Waals surface area (Å²) >= 11 is 3.34. The largest absolute Gasteiger partial charge is 0.559 e. The van der Waals surface area contributed by atoms with Gasteiger partial charge in [-0.2, -0.15) is 0 Å². The molecule has 1 aromatic rings. The zero-order valence-corrected chi connectivity index (χ0v) is 48.4. The van der Waals surface area contributed by atoms with Crippen molar-refractivity contribution in [3.8, 4) is 5.75 Å². The van der Waals surface area contributed by atoms with Crippen molar-refractivity contribution in [1.29, 1.82) is 0 Å². The number of hydrogen-bond donors (Lipinski definition) is 1. The molecule has 0 bridgehead atoms. The molecular formula is C8H7BrOY12-2. The Balaban J connectivity index is -0.00000000833. The molecule has 12 radical (unpaired) electrons. The van der Waals surface area contributed by atoms with E-state index < -0.39 is 0 Å². The number of aryl methyl sites for hydroxylation is 2. The second-order valence-corrected chi connectivity index (χ2v) is 2.96. The monoisotopic (exact) mass is 1260 g/mol. The van der Waals surface area contributed by atoms with Crippen molar-refractivity contribution in [1.82, 2.24) is 0 Å². The van der Waals surface area contributed by atoms with E-state index >= 15 is 0 Å². The van der Waals surface area contributed by atoms with Gasteiger partial charge < -0.3 is 17.2 Å². The summed E-state index contributed by atoms with van der Waals surface area (Å²) in [7, 11) is 0. The zero-order valence-electron chi connectivity index (χ0n) is 12.8. The number of phenols is 1. The van der Waals surface area contributed by atoms with Gasteiger partial charge in [0.1, 0.15) is 0 Å². The van der Waals surface area contributed by atoms with Crippen LogP contribution in [-0.4, -0.2) is 5.11 Å². The first kappa shape index (κ1) is 76.5. The van der Waals surface area contributed by atoms with Crippen LogP contribution in [0.3, 0.4) is 0 Å². The number of hydrogen-bond acceptors (Lipinski definition) is 1. The first-order valence-electron chi connectivity index (χ1n) is 2.91. The third-order valence-corrected chi connectivity index (χ3v) is 2.46. The molecule has 0 saturated heterocycles. The van der Waals surface area contributed by atoms with Crippen LogP contribution in [0.4, 0.5) is 0 Å². The Morgan fingerprint density at radius 1 is 0.591 bits per heavy atom. The van der Waals surface area contributed by atoms with Gasteiger partial charge in [-0.25, -0.2) is 20.4 Å². The summed E-state index contributed by atoms with van der Waals surface area (Å²) in [6, 6.07) is 5.46. The van der Waals surface area contributed by atoms with Gasteiger partial charge in [-0.1, -0.05) is 13.8 Å². The van der Waals surface area contributed by atoms with Crippen molar-refractivity contribution >= 4 is 15.9 Å². The van der Waals surface area contributed by atoms with Gasteiger partial charge in [0.05, 0.1) is 0 Å². The van der Waals surface area contributed by atoms with Gasteiger partial charge in [-0.15, -0.1) is 5.75 Å². The van der Waals surface area contributed by atoms with E-state index in [0.29, 0.717) is 0 Å². The van der Waals surface area contributed by atoms with E-state index in [4.69, 9.17) is 5.11 Å². The SMILES string of the molecule is Cc1[c-]c(O)[c-]c(C)c1Br.[Y].[Y].[Y].[Y].[Y].[Y].[Y].[Y].[Y].[Y].[Y].[Y]. The number of rotatable bonds is 0. The third kappa shape index (κ3) is 39.9. The molecule has 0 saturated carbocycles. The first-order chi connectivity index (χ1) is 4.61. The maximum absolute atomic E-state index is 8.99. The molecule has 90 valence electrons. The average molecular weight is 1270 g/mol. The fraction of sp³-hybridized carbons (Fsp3) is 0.250. The molecule has 0 aliphatic carbocycles. The van der Waals surface area contributed by atoms with Gasteiger partial charge in [0.2, 0.25) is 0 Å². The van der Waals surface area contributed by atoms with Crippen LogP contribution in [0, 0.1) is 26.0 Å². The number of halogens is 1. The predicted octanol–water partition coefficient (Wildman–Crippen LogP) is 2.34. The molecule has 1 nitrogen and oxygen atoms in total. The second-order valence-electron chi connectivity index (χ2n) is 2.16. The Labute approximate surface area is 445 Å². The van der Waals surface area contributed by atoms with E-state index in [1.807, 2.05) is 13.8 Å². The molecule has 0 spiro atoms. The van der Waals surface area contributed by atoms with Crippen LogP contribution in [-0.2, 0) is 393 Å². The van der Waals surface area contributed by atoms with Crippen molar-refractivity contribution in [3.05, 3.63) is 27.7 Å². The van der Waals surface area contributed by atoms with Gasteiger partial charge in [-0.05, 0) is 0 Å². The smallest absolute Gasteiger partial charge is 0 e. The van der Waals surface area contributed by atoms with E-state index in [1.54, 1.807) is 0 Å². The van der Waals surface area contributed by atoms with Crippen molar-refractivity contribution in [2.75, 3.05) is 0 Å².